The van der Waals surface area contributed by atoms with Gasteiger partial charge in [0.05, 0.1) is 35.6 Å². The summed E-state index contributed by atoms with van der Waals surface area (Å²) < 4.78 is 17.2. The minimum atomic E-state index is -0.563. The maximum Gasteiger partial charge on any atom is 0.344 e. The Bertz CT molecular complexity index is 1210. The van der Waals surface area contributed by atoms with Crippen LogP contribution in [0.4, 0.5) is 0 Å². The molecular weight excluding hydrogens is 374 g/mol. The second kappa shape index (κ2) is 7.23. The first kappa shape index (κ1) is 18.4. The van der Waals surface area contributed by atoms with Crippen LogP contribution in [0.5, 0.6) is 5.75 Å². The first-order valence-corrected chi connectivity index (χ1v) is 8.76. The number of esters is 2. The van der Waals surface area contributed by atoms with Gasteiger partial charge in [-0.1, -0.05) is 0 Å². The number of aryl methyl sites for hydroxylation is 2. The van der Waals surface area contributed by atoms with Crippen molar-refractivity contribution in [1.29, 1.82) is 0 Å². The molecule has 0 amide bonds. The Hall–Kier alpha value is -3.94. The average molecular weight is 391 g/mol. The van der Waals surface area contributed by atoms with Gasteiger partial charge in [0, 0.05) is 7.05 Å². The summed E-state index contributed by atoms with van der Waals surface area (Å²) in [6, 6.07) is 11.3. The van der Waals surface area contributed by atoms with Crippen molar-refractivity contribution in [2.45, 2.75) is 6.92 Å². The van der Waals surface area contributed by atoms with E-state index < -0.39 is 11.9 Å². The molecule has 3 heterocycles. The van der Waals surface area contributed by atoms with Crippen molar-refractivity contribution in [2.75, 3.05) is 7.11 Å². The zero-order valence-corrected chi connectivity index (χ0v) is 16.0. The van der Waals surface area contributed by atoms with Crippen LogP contribution in [0, 0.1) is 6.92 Å². The fraction of sp³-hybridized carbons (Fsp3) is 0.143. The molecule has 0 N–H and O–H groups in total. The fourth-order valence-electron chi connectivity index (χ4n) is 3.10. The smallest absolute Gasteiger partial charge is 0.344 e. The van der Waals surface area contributed by atoms with Crippen LogP contribution in [0.15, 0.2) is 53.1 Å². The van der Waals surface area contributed by atoms with E-state index >= 15 is 0 Å². The standard InChI is InChI=1S/C21H17N3O5/c1-12-18-15(21(26)29-14-8-6-13(7-9-14)20(25)27-3)11-16(17-5-4-10-28-17)22-19(18)24(2)23-12/h4-11H,1-3H3. The number of pyridine rings is 1. The molecule has 8 nitrogen and oxygen atoms in total. The molecular formula is C21H17N3O5. The number of hydrogen-bond acceptors (Lipinski definition) is 7. The highest BCUT2D eigenvalue weighted by Gasteiger charge is 2.21. The van der Waals surface area contributed by atoms with Crippen LogP contribution >= 0.6 is 0 Å². The SMILES string of the molecule is COC(=O)c1ccc(OC(=O)c2cc(-c3ccco3)nc3c2c(C)nn3C)cc1. The molecule has 4 aromatic rings. The maximum absolute atomic E-state index is 13.0. The van der Waals surface area contributed by atoms with Crippen molar-refractivity contribution >= 4 is 23.0 Å². The first-order chi connectivity index (χ1) is 14.0. The van der Waals surface area contributed by atoms with Gasteiger partial charge in [0.2, 0.25) is 0 Å². The van der Waals surface area contributed by atoms with E-state index in [1.165, 1.54) is 37.6 Å². The Morgan fingerprint density at radius 2 is 1.86 bits per heavy atom. The number of nitrogens with zero attached hydrogens (tertiary/aromatic N) is 3. The van der Waals surface area contributed by atoms with E-state index in [1.807, 2.05) is 0 Å². The number of aromatic nitrogens is 3. The quantitative estimate of drug-likeness (QED) is 0.388. The van der Waals surface area contributed by atoms with Crippen LogP contribution in [-0.4, -0.2) is 33.8 Å². The van der Waals surface area contributed by atoms with Gasteiger partial charge < -0.3 is 13.9 Å². The molecule has 146 valence electrons. The van der Waals surface area contributed by atoms with Gasteiger partial charge in [0.25, 0.3) is 0 Å². The van der Waals surface area contributed by atoms with E-state index in [2.05, 4.69) is 14.8 Å². The molecule has 3 aromatic heterocycles. The maximum atomic E-state index is 13.0. The molecule has 4 rings (SSSR count). The van der Waals surface area contributed by atoms with Crippen molar-refractivity contribution in [3.63, 3.8) is 0 Å². The molecule has 0 unspecified atom stereocenters. The Balaban J connectivity index is 1.74. The van der Waals surface area contributed by atoms with Gasteiger partial charge in [0.1, 0.15) is 11.4 Å². The third-order valence-electron chi connectivity index (χ3n) is 4.45. The van der Waals surface area contributed by atoms with Crippen LogP contribution in [-0.2, 0) is 11.8 Å². The largest absolute Gasteiger partial charge is 0.465 e. The third-order valence-corrected chi connectivity index (χ3v) is 4.45. The number of ether oxygens (including phenoxy) is 2. The highest BCUT2D eigenvalue weighted by molar-refractivity contribution is 6.05. The summed E-state index contributed by atoms with van der Waals surface area (Å²) in [7, 11) is 3.06. The number of hydrogen-bond donors (Lipinski definition) is 0. The van der Waals surface area contributed by atoms with E-state index in [0.717, 1.165) is 0 Å². The molecule has 8 heteroatoms. The molecule has 0 radical (unpaired) electrons. The zero-order valence-electron chi connectivity index (χ0n) is 16.0. The second-order valence-corrected chi connectivity index (χ2v) is 6.35. The molecule has 0 spiro atoms. The van der Waals surface area contributed by atoms with Gasteiger partial charge in [-0.25, -0.2) is 14.6 Å². The van der Waals surface area contributed by atoms with Crippen molar-refractivity contribution in [2.24, 2.45) is 7.05 Å². The predicted molar refractivity (Wildman–Crippen MR) is 104 cm³/mol. The van der Waals surface area contributed by atoms with Crippen LogP contribution in [0.3, 0.4) is 0 Å². The van der Waals surface area contributed by atoms with Gasteiger partial charge in [-0.3, -0.25) is 4.68 Å². The Morgan fingerprint density at radius 3 is 2.52 bits per heavy atom. The van der Waals surface area contributed by atoms with Crippen molar-refractivity contribution in [3.05, 3.63) is 65.5 Å². The summed E-state index contributed by atoms with van der Waals surface area (Å²) in [5.74, 6) is -0.198. The van der Waals surface area contributed by atoms with Crippen LogP contribution in [0.25, 0.3) is 22.5 Å². The van der Waals surface area contributed by atoms with Crippen molar-refractivity contribution in [3.8, 4) is 17.2 Å². The zero-order chi connectivity index (χ0) is 20.5. The minimum Gasteiger partial charge on any atom is -0.465 e. The van der Waals surface area contributed by atoms with Crippen LogP contribution < -0.4 is 4.74 Å². The molecule has 0 atom stereocenters. The second-order valence-electron chi connectivity index (χ2n) is 6.35. The van der Waals surface area contributed by atoms with Gasteiger partial charge >= 0.3 is 11.9 Å². The monoisotopic (exact) mass is 391 g/mol. The van der Waals surface area contributed by atoms with Crippen LogP contribution in [0.1, 0.15) is 26.4 Å². The van der Waals surface area contributed by atoms with E-state index in [0.29, 0.717) is 45.1 Å². The van der Waals surface area contributed by atoms with Gasteiger partial charge in [-0.05, 0) is 49.4 Å². The number of rotatable bonds is 4. The topological polar surface area (TPSA) is 96.5 Å². The van der Waals surface area contributed by atoms with Crippen molar-refractivity contribution in [1.82, 2.24) is 14.8 Å². The summed E-state index contributed by atoms with van der Waals surface area (Å²) in [6.45, 7) is 1.80. The van der Waals surface area contributed by atoms with Crippen molar-refractivity contribution < 1.29 is 23.5 Å². The highest BCUT2D eigenvalue weighted by atomic mass is 16.5. The summed E-state index contributed by atoms with van der Waals surface area (Å²) in [6.07, 6.45) is 1.54. The lowest BCUT2D eigenvalue weighted by Gasteiger charge is -2.08. The molecule has 0 saturated heterocycles. The average Bonchev–Trinajstić information content (AvgIpc) is 3.36. The predicted octanol–water partition coefficient (Wildman–Crippen LogP) is 3.54. The Labute approximate surface area is 165 Å². The molecule has 1 aromatic carbocycles. The lowest BCUT2D eigenvalue weighted by Crippen LogP contribution is -2.10. The van der Waals surface area contributed by atoms with E-state index in [-0.39, 0.29) is 0 Å². The van der Waals surface area contributed by atoms with Gasteiger partial charge in [-0.2, -0.15) is 5.10 Å². The summed E-state index contributed by atoms with van der Waals surface area (Å²) in [5.41, 5.74) is 2.39. The highest BCUT2D eigenvalue weighted by Crippen LogP contribution is 2.28. The van der Waals surface area contributed by atoms with E-state index in [4.69, 9.17) is 9.15 Å². The van der Waals surface area contributed by atoms with Gasteiger partial charge in [0.15, 0.2) is 11.4 Å². The number of methoxy groups -OCH3 is 1. The van der Waals surface area contributed by atoms with Crippen LogP contribution in [0.2, 0.25) is 0 Å². The summed E-state index contributed by atoms with van der Waals surface area (Å²) in [5, 5.41) is 4.98. The number of benzene rings is 1. The first-order valence-electron chi connectivity index (χ1n) is 8.76. The summed E-state index contributed by atoms with van der Waals surface area (Å²) >= 11 is 0. The summed E-state index contributed by atoms with van der Waals surface area (Å²) in [4.78, 5) is 29.1. The van der Waals surface area contributed by atoms with Gasteiger partial charge in [-0.15, -0.1) is 0 Å². The Morgan fingerprint density at radius 1 is 1.10 bits per heavy atom. The Kier molecular flexibility index (Phi) is 4.59. The number of carbonyl (C=O) groups excluding carboxylic acids is 2. The molecule has 0 aliphatic heterocycles. The minimum absolute atomic E-state index is 0.300. The molecule has 0 aliphatic rings. The molecule has 29 heavy (non-hydrogen) atoms. The molecule has 0 bridgehead atoms. The lowest BCUT2D eigenvalue weighted by atomic mass is 10.1. The van der Waals surface area contributed by atoms with E-state index in [9.17, 15) is 9.59 Å². The normalized spacial score (nSPS) is 10.9. The lowest BCUT2D eigenvalue weighted by molar-refractivity contribution is 0.0600. The molecule has 0 fully saturated rings. The number of furan rings is 1. The molecule has 0 saturated carbocycles. The number of fused-ring (bicyclic) bond motifs is 1. The third kappa shape index (κ3) is 3.36. The van der Waals surface area contributed by atoms with E-state index in [1.54, 1.807) is 36.9 Å². The molecule has 0 aliphatic carbocycles. The fourth-order valence-corrected chi connectivity index (χ4v) is 3.10. The number of carbonyl (C=O) groups is 2.